The summed E-state index contributed by atoms with van der Waals surface area (Å²) in [5.74, 6) is 0.835. The maximum absolute atomic E-state index is 11.9. The molecule has 1 saturated carbocycles. The summed E-state index contributed by atoms with van der Waals surface area (Å²) >= 11 is 1.45. The highest BCUT2D eigenvalue weighted by Gasteiger charge is 2.30. The minimum Gasteiger partial charge on any atom is -0.475 e. The summed E-state index contributed by atoms with van der Waals surface area (Å²) in [5, 5.41) is 5.52. The van der Waals surface area contributed by atoms with Crippen LogP contribution in [0.3, 0.4) is 0 Å². The van der Waals surface area contributed by atoms with Gasteiger partial charge in [0.2, 0.25) is 11.8 Å². The lowest BCUT2D eigenvalue weighted by Gasteiger charge is -2.07. The van der Waals surface area contributed by atoms with E-state index in [1.807, 2.05) is 41.8 Å². The molecule has 1 aliphatic rings. The number of carbonyl (C=O) groups excluding carboxylic acids is 1. The third-order valence-electron chi connectivity index (χ3n) is 4.47. The highest BCUT2D eigenvalue weighted by molar-refractivity contribution is 7.14. The molecule has 0 saturated heterocycles. The van der Waals surface area contributed by atoms with Gasteiger partial charge in [0.1, 0.15) is 6.61 Å². The molecule has 7 heteroatoms. The van der Waals surface area contributed by atoms with Gasteiger partial charge >= 0.3 is 0 Å². The second-order valence-electron chi connectivity index (χ2n) is 6.60. The molecule has 1 amide bonds. The number of aromatic nitrogens is 2. The quantitative estimate of drug-likeness (QED) is 0.578. The fourth-order valence-electron chi connectivity index (χ4n) is 2.75. The molecule has 1 aromatic carbocycles. The fourth-order valence-corrected chi connectivity index (χ4v) is 3.47. The average molecular weight is 395 g/mol. The lowest BCUT2D eigenvalue weighted by molar-refractivity contribution is -0.117. The molecular formula is C21H21N3O3S. The van der Waals surface area contributed by atoms with E-state index in [9.17, 15) is 4.79 Å². The van der Waals surface area contributed by atoms with Gasteiger partial charge in [0, 0.05) is 36.2 Å². The molecule has 0 aliphatic heterocycles. The summed E-state index contributed by atoms with van der Waals surface area (Å²) in [5.41, 5.74) is 3.98. The average Bonchev–Trinajstić information content (AvgIpc) is 3.48. The van der Waals surface area contributed by atoms with E-state index in [2.05, 4.69) is 15.3 Å². The number of anilines is 1. The van der Waals surface area contributed by atoms with Gasteiger partial charge in [-0.1, -0.05) is 24.3 Å². The number of rotatable bonds is 8. The molecule has 0 bridgehead atoms. The standard InChI is InChI=1S/C21H21N3O3S/c1-26-10-11-27-19-12-17(8-9-22-19)14-2-4-15(5-3-14)18-13-28-21(23-18)24-20(25)16-6-7-16/h2-5,8-9,12-13,16H,6-7,10-11H2,1H3,(H,23,24,25). The Morgan fingerprint density at radius 2 is 1.93 bits per heavy atom. The fraction of sp³-hybridized carbons (Fsp3) is 0.286. The van der Waals surface area contributed by atoms with Crippen LogP contribution in [0.15, 0.2) is 48.0 Å². The number of ether oxygens (including phenoxy) is 2. The first-order valence-electron chi connectivity index (χ1n) is 9.18. The van der Waals surface area contributed by atoms with Gasteiger partial charge < -0.3 is 14.8 Å². The van der Waals surface area contributed by atoms with Gasteiger partial charge in [-0.2, -0.15) is 0 Å². The van der Waals surface area contributed by atoms with Crippen LogP contribution in [0, 0.1) is 5.92 Å². The Labute approximate surface area is 167 Å². The van der Waals surface area contributed by atoms with Crippen molar-refractivity contribution in [2.45, 2.75) is 12.8 Å². The summed E-state index contributed by atoms with van der Waals surface area (Å²) < 4.78 is 10.6. The Morgan fingerprint density at radius 1 is 1.14 bits per heavy atom. The Hall–Kier alpha value is -2.77. The van der Waals surface area contributed by atoms with Crippen molar-refractivity contribution in [1.29, 1.82) is 0 Å². The third-order valence-corrected chi connectivity index (χ3v) is 5.23. The molecule has 2 heterocycles. The van der Waals surface area contributed by atoms with Crippen molar-refractivity contribution in [1.82, 2.24) is 9.97 Å². The summed E-state index contributed by atoms with van der Waals surface area (Å²) in [6.45, 7) is 0.993. The first-order valence-corrected chi connectivity index (χ1v) is 10.1. The van der Waals surface area contributed by atoms with E-state index in [1.165, 1.54) is 11.3 Å². The number of thiazole rings is 1. The number of nitrogens with one attached hydrogen (secondary N) is 1. The van der Waals surface area contributed by atoms with Crippen molar-refractivity contribution in [2.24, 2.45) is 5.92 Å². The molecule has 0 spiro atoms. The molecule has 6 nitrogen and oxygen atoms in total. The highest BCUT2D eigenvalue weighted by Crippen LogP contribution is 2.32. The molecule has 144 valence electrons. The summed E-state index contributed by atoms with van der Waals surface area (Å²) in [7, 11) is 1.64. The number of nitrogens with zero attached hydrogens (tertiary/aromatic N) is 2. The number of hydrogen-bond acceptors (Lipinski definition) is 6. The van der Waals surface area contributed by atoms with Gasteiger partial charge in [0.05, 0.1) is 12.3 Å². The topological polar surface area (TPSA) is 73.3 Å². The van der Waals surface area contributed by atoms with Gasteiger partial charge in [-0.15, -0.1) is 11.3 Å². The smallest absolute Gasteiger partial charge is 0.229 e. The van der Waals surface area contributed by atoms with Crippen LogP contribution in [0.25, 0.3) is 22.4 Å². The number of carbonyl (C=O) groups is 1. The van der Waals surface area contributed by atoms with Gasteiger partial charge in [0.25, 0.3) is 0 Å². The first kappa shape index (κ1) is 18.6. The molecule has 28 heavy (non-hydrogen) atoms. The van der Waals surface area contributed by atoms with E-state index in [1.54, 1.807) is 13.3 Å². The van der Waals surface area contributed by atoms with Gasteiger partial charge in [-0.3, -0.25) is 4.79 Å². The Morgan fingerprint density at radius 3 is 2.68 bits per heavy atom. The van der Waals surface area contributed by atoms with Crippen LogP contribution in [-0.4, -0.2) is 36.2 Å². The zero-order valence-electron chi connectivity index (χ0n) is 15.6. The molecule has 4 rings (SSSR count). The van der Waals surface area contributed by atoms with E-state index in [0.717, 1.165) is 35.2 Å². The molecule has 0 radical (unpaired) electrons. The van der Waals surface area contributed by atoms with Crippen molar-refractivity contribution >= 4 is 22.4 Å². The number of amides is 1. The summed E-state index contributed by atoms with van der Waals surface area (Å²) in [4.78, 5) is 20.6. The Balaban J connectivity index is 1.44. The van der Waals surface area contributed by atoms with Crippen molar-refractivity contribution < 1.29 is 14.3 Å². The number of pyridine rings is 1. The Bertz CT molecular complexity index is 952. The predicted molar refractivity (Wildman–Crippen MR) is 110 cm³/mol. The molecule has 1 fully saturated rings. The monoisotopic (exact) mass is 395 g/mol. The molecule has 3 aromatic rings. The van der Waals surface area contributed by atoms with Crippen LogP contribution in [0.4, 0.5) is 5.13 Å². The number of methoxy groups -OCH3 is 1. The predicted octanol–water partition coefficient (Wildman–Crippen LogP) is 4.25. The molecule has 1 aliphatic carbocycles. The summed E-state index contributed by atoms with van der Waals surface area (Å²) in [6.07, 6.45) is 3.71. The second-order valence-corrected chi connectivity index (χ2v) is 7.46. The van der Waals surface area contributed by atoms with Crippen LogP contribution in [0.2, 0.25) is 0 Å². The normalized spacial score (nSPS) is 13.3. The molecule has 0 unspecified atom stereocenters. The molecule has 2 aromatic heterocycles. The van der Waals surface area contributed by atoms with Crippen molar-refractivity contribution in [3.05, 3.63) is 48.0 Å². The van der Waals surface area contributed by atoms with E-state index in [0.29, 0.717) is 24.2 Å². The zero-order chi connectivity index (χ0) is 19.3. The highest BCUT2D eigenvalue weighted by atomic mass is 32.1. The van der Waals surface area contributed by atoms with Gasteiger partial charge in [-0.25, -0.2) is 9.97 Å². The number of hydrogen-bond donors (Lipinski definition) is 1. The van der Waals surface area contributed by atoms with Crippen molar-refractivity contribution in [2.75, 3.05) is 25.6 Å². The largest absolute Gasteiger partial charge is 0.475 e. The lowest BCUT2D eigenvalue weighted by Crippen LogP contribution is -2.12. The van der Waals surface area contributed by atoms with Crippen LogP contribution in [0.1, 0.15) is 12.8 Å². The van der Waals surface area contributed by atoms with Crippen LogP contribution >= 0.6 is 11.3 Å². The minimum absolute atomic E-state index is 0.0810. The van der Waals surface area contributed by atoms with Gasteiger partial charge in [-0.05, 0) is 30.0 Å². The van der Waals surface area contributed by atoms with Crippen LogP contribution in [0.5, 0.6) is 5.88 Å². The second kappa shape index (κ2) is 8.50. The van der Waals surface area contributed by atoms with Crippen LogP contribution < -0.4 is 10.1 Å². The minimum atomic E-state index is 0.0810. The van der Waals surface area contributed by atoms with E-state index in [-0.39, 0.29) is 11.8 Å². The SMILES string of the molecule is COCCOc1cc(-c2ccc(-c3csc(NC(=O)C4CC4)n3)cc2)ccn1. The van der Waals surface area contributed by atoms with Crippen LogP contribution in [-0.2, 0) is 9.53 Å². The zero-order valence-corrected chi connectivity index (χ0v) is 16.4. The maximum Gasteiger partial charge on any atom is 0.229 e. The maximum atomic E-state index is 11.9. The Kier molecular flexibility index (Phi) is 5.64. The first-order chi connectivity index (χ1) is 13.7. The lowest BCUT2D eigenvalue weighted by atomic mass is 10.0. The molecular weight excluding hydrogens is 374 g/mol. The number of benzene rings is 1. The van der Waals surface area contributed by atoms with Crippen molar-refractivity contribution in [3.63, 3.8) is 0 Å². The van der Waals surface area contributed by atoms with Crippen molar-refractivity contribution in [3.8, 4) is 28.3 Å². The third kappa shape index (κ3) is 4.55. The molecule has 0 atom stereocenters. The van der Waals surface area contributed by atoms with E-state index < -0.39 is 0 Å². The molecule has 1 N–H and O–H groups in total. The van der Waals surface area contributed by atoms with E-state index >= 15 is 0 Å². The van der Waals surface area contributed by atoms with Gasteiger partial charge in [0.15, 0.2) is 5.13 Å². The van der Waals surface area contributed by atoms with E-state index in [4.69, 9.17) is 9.47 Å². The summed E-state index contributed by atoms with van der Waals surface area (Å²) in [6, 6.07) is 12.0.